The van der Waals surface area contributed by atoms with Gasteiger partial charge in [0.1, 0.15) is 17.6 Å². The molecule has 0 saturated heterocycles. The Morgan fingerprint density at radius 3 is 3.00 bits per heavy atom. The van der Waals surface area contributed by atoms with Gasteiger partial charge in [0.15, 0.2) is 0 Å². The van der Waals surface area contributed by atoms with E-state index < -0.39 is 5.69 Å². The average Bonchev–Trinajstić information content (AvgIpc) is 2.59. The van der Waals surface area contributed by atoms with Crippen LogP contribution in [-0.2, 0) is 0 Å². The first-order valence-corrected chi connectivity index (χ1v) is 3.21. The third kappa shape index (κ3) is 0.831. The van der Waals surface area contributed by atoms with Gasteiger partial charge in [-0.3, -0.25) is 0 Å². The highest BCUT2D eigenvalue weighted by Crippen LogP contribution is 2.06. The molecule has 62 valence electrons. The Balaban J connectivity index is 2.65. The molecule has 2 aromatic heterocycles. The summed E-state index contributed by atoms with van der Waals surface area (Å²) in [5.74, 6) is 0. The lowest BCUT2D eigenvalue weighted by Gasteiger charge is -1.89. The summed E-state index contributed by atoms with van der Waals surface area (Å²) in [5, 5.41) is 12.6. The Kier molecular flexibility index (Phi) is 1.29. The minimum Gasteiger partial charge on any atom is -0.362 e. The molecule has 0 radical (unpaired) electrons. The second-order valence-electron chi connectivity index (χ2n) is 2.20. The summed E-state index contributed by atoms with van der Waals surface area (Å²) in [7, 11) is 0. The molecule has 7 nitrogen and oxygen atoms in total. The van der Waals surface area contributed by atoms with Gasteiger partial charge < -0.3 is 4.52 Å². The smallest absolute Gasteiger partial charge is 0.362 e. The molecule has 0 aliphatic rings. The molecule has 0 bridgehead atoms. The number of hydrogen-bond acceptors (Lipinski definition) is 5. The van der Waals surface area contributed by atoms with Gasteiger partial charge in [-0.05, 0) is 17.4 Å². The van der Waals surface area contributed by atoms with E-state index in [9.17, 15) is 4.79 Å². The maximum atomic E-state index is 11.0. The number of aromatic amines is 1. The lowest BCUT2D eigenvalue weighted by molar-refractivity contribution is 0.414. The predicted molar refractivity (Wildman–Crippen MR) is 36.8 cm³/mol. The molecule has 7 heteroatoms. The van der Waals surface area contributed by atoms with Gasteiger partial charge in [-0.1, -0.05) is 5.16 Å². The van der Waals surface area contributed by atoms with Crippen LogP contribution in [0, 0.1) is 6.92 Å². The zero-order chi connectivity index (χ0) is 8.55. The number of H-pyrrole nitrogens is 1. The average molecular weight is 167 g/mol. The molecule has 0 amide bonds. The second-order valence-corrected chi connectivity index (χ2v) is 2.20. The zero-order valence-corrected chi connectivity index (χ0v) is 6.18. The lowest BCUT2D eigenvalue weighted by atomic mass is 10.4. The van der Waals surface area contributed by atoms with Gasteiger partial charge in [0, 0.05) is 0 Å². The Morgan fingerprint density at radius 2 is 2.50 bits per heavy atom. The molecule has 0 fully saturated rings. The van der Waals surface area contributed by atoms with Gasteiger partial charge in [0.2, 0.25) is 0 Å². The Morgan fingerprint density at radius 1 is 1.67 bits per heavy atom. The molecule has 2 aromatic rings. The Bertz CT molecular complexity index is 438. The summed E-state index contributed by atoms with van der Waals surface area (Å²) >= 11 is 0. The summed E-state index contributed by atoms with van der Waals surface area (Å²) in [6, 6.07) is 0. The number of nitrogens with one attached hydrogen (secondary N) is 1. The Labute approximate surface area is 66.0 Å². The predicted octanol–water partition coefficient (Wildman–Crippen LogP) is -0.748. The van der Waals surface area contributed by atoms with Crippen molar-refractivity contribution in [2.24, 2.45) is 0 Å². The normalized spacial score (nSPS) is 10.4. The van der Waals surface area contributed by atoms with Crippen molar-refractivity contribution in [1.29, 1.82) is 0 Å². The molecule has 0 saturated carbocycles. The summed E-state index contributed by atoms with van der Waals surface area (Å²) in [4.78, 5) is 11.0. The van der Waals surface area contributed by atoms with Crippen molar-refractivity contribution >= 4 is 0 Å². The topological polar surface area (TPSA) is 89.6 Å². The van der Waals surface area contributed by atoms with Gasteiger partial charge in [0.25, 0.3) is 0 Å². The van der Waals surface area contributed by atoms with E-state index in [2.05, 4.69) is 25.2 Å². The molecule has 2 rings (SSSR count). The Hall–Kier alpha value is -1.92. The van der Waals surface area contributed by atoms with E-state index in [4.69, 9.17) is 0 Å². The maximum absolute atomic E-state index is 11.0. The fraction of sp³-hybridized carbons (Fsp3) is 0.200. The number of hydrogen-bond donors (Lipinski definition) is 1. The van der Waals surface area contributed by atoms with E-state index in [0.717, 1.165) is 4.68 Å². The second kappa shape index (κ2) is 2.29. The monoisotopic (exact) mass is 167 g/mol. The maximum Gasteiger partial charge on any atom is 0.366 e. The van der Waals surface area contributed by atoms with Crippen LogP contribution in [0.1, 0.15) is 5.69 Å². The highest BCUT2D eigenvalue weighted by molar-refractivity contribution is 5.29. The van der Waals surface area contributed by atoms with E-state index in [-0.39, 0.29) is 0 Å². The highest BCUT2D eigenvalue weighted by Gasteiger charge is 2.08. The van der Waals surface area contributed by atoms with Gasteiger partial charge >= 0.3 is 5.69 Å². The van der Waals surface area contributed by atoms with E-state index in [0.29, 0.717) is 11.4 Å². The first-order chi connectivity index (χ1) is 5.79. The molecule has 0 atom stereocenters. The van der Waals surface area contributed by atoms with Crippen LogP contribution in [0.5, 0.6) is 0 Å². The lowest BCUT2D eigenvalue weighted by Crippen LogP contribution is -2.16. The third-order valence-corrected chi connectivity index (χ3v) is 1.43. The van der Waals surface area contributed by atoms with E-state index in [1.54, 1.807) is 6.92 Å². The molecule has 0 aliphatic carbocycles. The summed E-state index contributed by atoms with van der Waals surface area (Å²) < 4.78 is 5.71. The standard InChI is InChI=1S/C5H5N5O2/c1-3-4(2-12-7-3)10-5(11)6-8-9-10/h2H,1H3,(H,6,9,11). The molecule has 1 N–H and O–H groups in total. The first-order valence-electron chi connectivity index (χ1n) is 3.21. The van der Waals surface area contributed by atoms with Crippen molar-refractivity contribution in [3.8, 4) is 5.69 Å². The fourth-order valence-corrected chi connectivity index (χ4v) is 0.846. The van der Waals surface area contributed by atoms with Crippen LogP contribution in [0.3, 0.4) is 0 Å². The first kappa shape index (κ1) is 6.77. The summed E-state index contributed by atoms with van der Waals surface area (Å²) in [6.45, 7) is 1.71. The van der Waals surface area contributed by atoms with Crippen molar-refractivity contribution in [2.45, 2.75) is 6.92 Å². The molecule has 0 aromatic carbocycles. The minimum absolute atomic E-state index is 0.415. The molecule has 0 aliphatic heterocycles. The molecule has 2 heterocycles. The van der Waals surface area contributed by atoms with Crippen LogP contribution in [0.25, 0.3) is 5.69 Å². The van der Waals surface area contributed by atoms with Crippen LogP contribution in [0.15, 0.2) is 15.6 Å². The minimum atomic E-state index is -0.415. The summed E-state index contributed by atoms with van der Waals surface area (Å²) in [5.41, 5.74) is 0.668. The number of nitrogens with zero attached hydrogens (tertiary/aromatic N) is 4. The van der Waals surface area contributed by atoms with Gasteiger partial charge in [0.05, 0.1) is 0 Å². The van der Waals surface area contributed by atoms with Crippen molar-refractivity contribution < 1.29 is 4.52 Å². The highest BCUT2D eigenvalue weighted by atomic mass is 16.5. The zero-order valence-electron chi connectivity index (χ0n) is 6.18. The van der Waals surface area contributed by atoms with E-state index >= 15 is 0 Å². The fourth-order valence-electron chi connectivity index (χ4n) is 0.846. The quantitative estimate of drug-likeness (QED) is 0.603. The number of aryl methyl sites for hydroxylation is 1. The van der Waals surface area contributed by atoms with Crippen LogP contribution in [-0.4, -0.2) is 25.4 Å². The van der Waals surface area contributed by atoms with Crippen molar-refractivity contribution in [1.82, 2.24) is 25.4 Å². The van der Waals surface area contributed by atoms with Crippen LogP contribution < -0.4 is 5.69 Å². The SMILES string of the molecule is Cc1nocc1-n1nn[nH]c1=O. The van der Waals surface area contributed by atoms with Gasteiger partial charge in [-0.15, -0.1) is 0 Å². The largest absolute Gasteiger partial charge is 0.366 e. The molecule has 0 spiro atoms. The van der Waals surface area contributed by atoms with Crippen LogP contribution in [0.4, 0.5) is 0 Å². The number of rotatable bonds is 1. The third-order valence-electron chi connectivity index (χ3n) is 1.43. The van der Waals surface area contributed by atoms with E-state index in [1.165, 1.54) is 6.26 Å². The summed E-state index contributed by atoms with van der Waals surface area (Å²) in [6.07, 6.45) is 1.33. The number of aromatic nitrogens is 5. The van der Waals surface area contributed by atoms with Gasteiger partial charge in [-0.2, -0.15) is 4.68 Å². The van der Waals surface area contributed by atoms with Crippen LogP contribution >= 0.6 is 0 Å². The van der Waals surface area contributed by atoms with Crippen molar-refractivity contribution in [3.63, 3.8) is 0 Å². The molecule has 0 unspecified atom stereocenters. The number of tetrazole rings is 1. The molecular weight excluding hydrogens is 162 g/mol. The molecular formula is C5H5N5O2. The van der Waals surface area contributed by atoms with E-state index in [1.807, 2.05) is 0 Å². The van der Waals surface area contributed by atoms with Gasteiger partial charge in [-0.25, -0.2) is 9.89 Å². The molecule has 12 heavy (non-hydrogen) atoms. The van der Waals surface area contributed by atoms with Crippen LogP contribution in [0.2, 0.25) is 0 Å². The van der Waals surface area contributed by atoms with Crippen molar-refractivity contribution in [3.05, 3.63) is 22.4 Å². The van der Waals surface area contributed by atoms with Crippen molar-refractivity contribution in [2.75, 3.05) is 0 Å².